The molecule has 22 heavy (non-hydrogen) atoms. The van der Waals surface area contributed by atoms with Gasteiger partial charge in [0.2, 0.25) is 0 Å². The van der Waals surface area contributed by atoms with E-state index >= 15 is 0 Å². The summed E-state index contributed by atoms with van der Waals surface area (Å²) in [7, 11) is 2.95. The van der Waals surface area contributed by atoms with Gasteiger partial charge in [-0.25, -0.2) is 4.79 Å². The van der Waals surface area contributed by atoms with Crippen LogP contribution >= 0.6 is 0 Å². The van der Waals surface area contributed by atoms with Gasteiger partial charge in [0.15, 0.2) is 5.56 Å². The number of aromatic nitrogens is 2. The smallest absolute Gasteiger partial charge is 0.332 e. The highest BCUT2D eigenvalue weighted by molar-refractivity contribution is 5.53. The summed E-state index contributed by atoms with van der Waals surface area (Å²) < 4.78 is 8.04. The van der Waals surface area contributed by atoms with E-state index in [0.29, 0.717) is 11.7 Å². The Morgan fingerprint density at radius 2 is 2.00 bits per heavy atom. The molecule has 0 amide bonds. The number of hydrogen-bond acceptors (Lipinski definition) is 5. The van der Waals surface area contributed by atoms with Crippen LogP contribution in [0.5, 0.6) is 0 Å². The molecular formula is C15H20N4O3. The Morgan fingerprint density at radius 3 is 2.64 bits per heavy atom. The molecule has 0 radical (unpaired) electrons. The lowest BCUT2D eigenvalue weighted by atomic mass is 9.57. The third-order valence-electron chi connectivity index (χ3n) is 5.17. The van der Waals surface area contributed by atoms with Gasteiger partial charge in [-0.2, -0.15) is 5.26 Å². The van der Waals surface area contributed by atoms with E-state index < -0.39 is 11.2 Å². The molecule has 1 aliphatic heterocycles. The lowest BCUT2D eigenvalue weighted by molar-refractivity contribution is -0.0925. The number of anilines is 1. The minimum absolute atomic E-state index is 0.0252. The second-order valence-corrected chi connectivity index (χ2v) is 6.73. The van der Waals surface area contributed by atoms with Crippen molar-refractivity contribution in [3.05, 3.63) is 26.4 Å². The van der Waals surface area contributed by atoms with E-state index in [1.165, 1.54) is 11.6 Å². The fourth-order valence-electron chi connectivity index (χ4n) is 3.88. The molecule has 0 spiro atoms. The van der Waals surface area contributed by atoms with Crippen molar-refractivity contribution in [2.75, 3.05) is 11.9 Å². The van der Waals surface area contributed by atoms with Crippen LogP contribution in [-0.2, 0) is 18.8 Å². The third kappa shape index (κ3) is 1.77. The van der Waals surface area contributed by atoms with Crippen LogP contribution in [0.3, 0.4) is 0 Å². The highest BCUT2D eigenvalue weighted by Gasteiger charge is 2.59. The van der Waals surface area contributed by atoms with E-state index in [-0.39, 0.29) is 23.1 Å². The summed E-state index contributed by atoms with van der Waals surface area (Å²) >= 11 is 0. The van der Waals surface area contributed by atoms with Crippen LogP contribution in [0, 0.1) is 22.7 Å². The van der Waals surface area contributed by atoms with Gasteiger partial charge in [0, 0.05) is 38.1 Å². The van der Waals surface area contributed by atoms with E-state index in [1.54, 1.807) is 7.05 Å². The first-order valence-electron chi connectivity index (χ1n) is 7.39. The summed E-state index contributed by atoms with van der Waals surface area (Å²) in [6.07, 6.45) is 1.14. The first-order valence-corrected chi connectivity index (χ1v) is 7.39. The zero-order valence-corrected chi connectivity index (χ0v) is 13.2. The molecule has 1 aromatic rings. The number of nitriles is 1. The van der Waals surface area contributed by atoms with Crippen molar-refractivity contribution in [3.63, 3.8) is 0 Å². The zero-order chi connectivity index (χ0) is 16.2. The molecule has 3 unspecified atom stereocenters. The van der Waals surface area contributed by atoms with E-state index in [1.807, 2.05) is 6.07 Å². The van der Waals surface area contributed by atoms with Gasteiger partial charge >= 0.3 is 5.69 Å². The molecule has 2 fully saturated rings. The first-order chi connectivity index (χ1) is 10.3. The standard InChI is InChI=1S/C15H20N4O3/c1-15(2)10(8-5-6-22-11(8)15)17-12-9(7-16)13(20)19(4)14(21)18(12)3/h8,10-11,17H,5-6H2,1-4H3. The molecule has 0 aromatic carbocycles. The van der Waals surface area contributed by atoms with Gasteiger partial charge in [0.1, 0.15) is 11.9 Å². The maximum atomic E-state index is 12.1. The highest BCUT2D eigenvalue weighted by Crippen LogP contribution is 2.53. The molecule has 118 valence electrons. The van der Waals surface area contributed by atoms with Gasteiger partial charge in [-0.3, -0.25) is 13.9 Å². The SMILES string of the molecule is Cn1c(NC2C3CCOC3C2(C)C)c(C#N)c(=O)n(C)c1=O. The van der Waals surface area contributed by atoms with Crippen molar-refractivity contribution in [1.82, 2.24) is 9.13 Å². The minimum Gasteiger partial charge on any atom is -0.377 e. The van der Waals surface area contributed by atoms with Gasteiger partial charge in [0.05, 0.1) is 6.10 Å². The molecule has 1 aromatic heterocycles. The second-order valence-electron chi connectivity index (χ2n) is 6.73. The van der Waals surface area contributed by atoms with Crippen molar-refractivity contribution in [2.45, 2.75) is 32.4 Å². The Hall–Kier alpha value is -2.07. The van der Waals surface area contributed by atoms with Gasteiger partial charge in [0.25, 0.3) is 5.56 Å². The maximum absolute atomic E-state index is 12.1. The summed E-state index contributed by atoms with van der Waals surface area (Å²) in [6, 6.07) is 2.00. The number of rotatable bonds is 2. The molecule has 2 heterocycles. The summed E-state index contributed by atoms with van der Waals surface area (Å²) in [5.41, 5.74) is -1.14. The molecule has 3 rings (SSSR count). The quantitative estimate of drug-likeness (QED) is 0.842. The van der Waals surface area contributed by atoms with Crippen molar-refractivity contribution in [1.29, 1.82) is 5.26 Å². The van der Waals surface area contributed by atoms with Gasteiger partial charge in [-0.15, -0.1) is 0 Å². The Labute approximate surface area is 128 Å². The molecule has 0 bridgehead atoms. The van der Waals surface area contributed by atoms with Crippen LogP contribution in [0.25, 0.3) is 0 Å². The number of ether oxygens (including phenoxy) is 1. The fourth-order valence-corrected chi connectivity index (χ4v) is 3.88. The van der Waals surface area contributed by atoms with E-state index in [9.17, 15) is 14.9 Å². The molecule has 7 heteroatoms. The summed E-state index contributed by atoms with van der Waals surface area (Å²) in [6.45, 7) is 4.93. The van der Waals surface area contributed by atoms with E-state index in [0.717, 1.165) is 17.6 Å². The minimum atomic E-state index is -0.565. The highest BCUT2D eigenvalue weighted by atomic mass is 16.5. The van der Waals surface area contributed by atoms with Crippen molar-refractivity contribution in [2.24, 2.45) is 25.4 Å². The molecule has 1 N–H and O–H groups in total. The van der Waals surface area contributed by atoms with Crippen LogP contribution in [0.1, 0.15) is 25.8 Å². The van der Waals surface area contributed by atoms with Crippen LogP contribution in [0.2, 0.25) is 0 Å². The summed E-state index contributed by atoms with van der Waals surface area (Å²) in [5, 5.41) is 12.6. The van der Waals surface area contributed by atoms with Crippen molar-refractivity contribution < 1.29 is 4.74 Å². The summed E-state index contributed by atoms with van der Waals surface area (Å²) in [4.78, 5) is 24.2. The lowest BCUT2D eigenvalue weighted by Gasteiger charge is -2.55. The average molecular weight is 304 g/mol. The Kier molecular flexibility index (Phi) is 3.18. The normalized spacial score (nSPS) is 28.6. The lowest BCUT2D eigenvalue weighted by Crippen LogP contribution is -2.63. The van der Waals surface area contributed by atoms with E-state index in [4.69, 9.17) is 4.74 Å². The zero-order valence-electron chi connectivity index (χ0n) is 13.2. The monoisotopic (exact) mass is 304 g/mol. The van der Waals surface area contributed by atoms with Crippen LogP contribution in [-0.4, -0.2) is 27.9 Å². The molecule has 3 atom stereocenters. The molecule has 1 saturated heterocycles. The van der Waals surface area contributed by atoms with Crippen LogP contribution in [0.4, 0.5) is 5.82 Å². The first kappa shape index (κ1) is 14.9. The molecule has 2 aliphatic rings. The summed E-state index contributed by atoms with van der Waals surface area (Å²) in [5.74, 6) is 0.653. The number of nitrogens with zero attached hydrogens (tertiary/aromatic N) is 3. The van der Waals surface area contributed by atoms with Gasteiger partial charge in [-0.1, -0.05) is 13.8 Å². The average Bonchev–Trinajstić information content (AvgIpc) is 2.94. The van der Waals surface area contributed by atoms with Crippen molar-refractivity contribution >= 4 is 5.82 Å². The van der Waals surface area contributed by atoms with E-state index in [2.05, 4.69) is 19.2 Å². The molecule has 1 saturated carbocycles. The number of fused-ring (bicyclic) bond motifs is 1. The van der Waals surface area contributed by atoms with Crippen LogP contribution in [0.15, 0.2) is 9.59 Å². The number of hydrogen-bond donors (Lipinski definition) is 1. The Morgan fingerprint density at radius 1 is 1.32 bits per heavy atom. The number of nitrogens with one attached hydrogen (secondary N) is 1. The maximum Gasteiger partial charge on any atom is 0.332 e. The van der Waals surface area contributed by atoms with Crippen LogP contribution < -0.4 is 16.6 Å². The predicted molar refractivity (Wildman–Crippen MR) is 80.7 cm³/mol. The molecule has 1 aliphatic carbocycles. The Bertz CT molecular complexity index is 784. The van der Waals surface area contributed by atoms with Gasteiger partial charge < -0.3 is 10.1 Å². The second kappa shape index (κ2) is 4.71. The topological polar surface area (TPSA) is 89.1 Å². The fraction of sp³-hybridized carbons (Fsp3) is 0.667. The Balaban J connectivity index is 2.06. The third-order valence-corrected chi connectivity index (χ3v) is 5.17. The molecule has 7 nitrogen and oxygen atoms in total. The predicted octanol–water partition coefficient (Wildman–Crippen LogP) is 0.181. The largest absolute Gasteiger partial charge is 0.377 e. The molecular weight excluding hydrogens is 284 g/mol. The van der Waals surface area contributed by atoms with Crippen molar-refractivity contribution in [3.8, 4) is 6.07 Å². The van der Waals surface area contributed by atoms with Gasteiger partial charge in [-0.05, 0) is 6.42 Å².